The van der Waals surface area contributed by atoms with Gasteiger partial charge in [0.15, 0.2) is 5.41 Å². The summed E-state index contributed by atoms with van der Waals surface area (Å²) in [6, 6.07) is 13.6. The first-order valence-electron chi connectivity index (χ1n) is 8.95. The van der Waals surface area contributed by atoms with E-state index in [0.29, 0.717) is 18.4 Å². The van der Waals surface area contributed by atoms with Crippen LogP contribution in [0.4, 0.5) is 0 Å². The Hall–Kier alpha value is -2.40. The third-order valence-electron chi connectivity index (χ3n) is 6.22. The SMILES string of the molecule is N#CC1(C#N)C(c2cccc(Br)c2)OC23CCCCCC2C1(C#N)C(=N)O3. The first kappa shape index (κ1) is 18.0. The monoisotopic (exact) mass is 424 g/mol. The number of ether oxygens (including phenoxy) is 2. The summed E-state index contributed by atoms with van der Waals surface area (Å²) in [6.07, 6.45) is 2.81. The molecule has 0 radical (unpaired) electrons. The molecule has 27 heavy (non-hydrogen) atoms. The summed E-state index contributed by atoms with van der Waals surface area (Å²) in [5, 5.41) is 39.1. The van der Waals surface area contributed by atoms with Gasteiger partial charge in [0, 0.05) is 10.9 Å². The van der Waals surface area contributed by atoms with Crippen LogP contribution in [0.3, 0.4) is 0 Å². The first-order chi connectivity index (χ1) is 13.0. The fourth-order valence-electron chi connectivity index (χ4n) is 5.01. The summed E-state index contributed by atoms with van der Waals surface area (Å²) in [5.41, 5.74) is -2.90. The molecule has 2 heterocycles. The van der Waals surface area contributed by atoms with E-state index in [1.807, 2.05) is 6.07 Å². The molecule has 1 N–H and O–H groups in total. The molecule has 6 nitrogen and oxygen atoms in total. The van der Waals surface area contributed by atoms with Gasteiger partial charge in [-0.1, -0.05) is 40.9 Å². The van der Waals surface area contributed by atoms with Gasteiger partial charge in [-0.15, -0.1) is 0 Å². The standard InChI is InChI=1S/C20H17BrN4O2/c21-14-6-4-5-13(9-14)16-18(10-22,11-23)19(12-24)15-7-2-1-3-8-20(15,26-16)27-17(19)25/h4-6,9,15-16,25H,1-3,7-8H2. The zero-order chi connectivity index (χ0) is 19.3. The average Bonchev–Trinajstić information content (AvgIpc) is 2.80. The summed E-state index contributed by atoms with van der Waals surface area (Å²) in [7, 11) is 0. The fourth-order valence-corrected chi connectivity index (χ4v) is 5.42. The van der Waals surface area contributed by atoms with E-state index in [0.717, 1.165) is 23.7 Å². The number of hydrogen-bond donors (Lipinski definition) is 1. The molecule has 136 valence electrons. The smallest absolute Gasteiger partial charge is 0.217 e. The average molecular weight is 425 g/mol. The molecule has 1 aromatic rings. The lowest BCUT2D eigenvalue weighted by Crippen LogP contribution is -2.59. The Bertz CT molecular complexity index is 929. The molecule has 2 aliphatic heterocycles. The van der Waals surface area contributed by atoms with Crippen molar-refractivity contribution < 1.29 is 9.47 Å². The van der Waals surface area contributed by atoms with Crippen molar-refractivity contribution in [2.45, 2.75) is 44.0 Å². The van der Waals surface area contributed by atoms with Gasteiger partial charge < -0.3 is 9.47 Å². The van der Waals surface area contributed by atoms with Crippen molar-refractivity contribution in [2.24, 2.45) is 16.7 Å². The largest absolute Gasteiger partial charge is 0.447 e. The topological polar surface area (TPSA) is 114 Å². The molecule has 4 atom stereocenters. The van der Waals surface area contributed by atoms with Crippen LogP contribution in [-0.2, 0) is 9.47 Å². The molecule has 4 rings (SSSR count). The van der Waals surface area contributed by atoms with Gasteiger partial charge in [-0.05, 0) is 30.5 Å². The van der Waals surface area contributed by atoms with E-state index in [-0.39, 0.29) is 5.90 Å². The number of halogens is 1. The zero-order valence-electron chi connectivity index (χ0n) is 14.5. The minimum absolute atomic E-state index is 0.308. The normalized spacial score (nSPS) is 36.3. The number of benzene rings is 1. The Balaban J connectivity index is 2.01. The second-order valence-corrected chi connectivity index (χ2v) is 8.31. The van der Waals surface area contributed by atoms with E-state index in [9.17, 15) is 15.8 Å². The Morgan fingerprint density at radius 3 is 2.56 bits per heavy atom. The van der Waals surface area contributed by atoms with Crippen LogP contribution < -0.4 is 0 Å². The van der Waals surface area contributed by atoms with E-state index < -0.39 is 28.6 Å². The van der Waals surface area contributed by atoms with Gasteiger partial charge in [0.25, 0.3) is 0 Å². The van der Waals surface area contributed by atoms with E-state index in [2.05, 4.69) is 34.1 Å². The predicted molar refractivity (Wildman–Crippen MR) is 97.8 cm³/mol. The lowest BCUT2D eigenvalue weighted by atomic mass is 9.52. The second-order valence-electron chi connectivity index (χ2n) is 7.40. The molecule has 1 aliphatic carbocycles. The van der Waals surface area contributed by atoms with Crippen molar-refractivity contribution in [2.75, 3.05) is 0 Å². The maximum atomic E-state index is 10.2. The van der Waals surface area contributed by atoms with Crippen molar-refractivity contribution in [1.82, 2.24) is 0 Å². The molecule has 0 amide bonds. The van der Waals surface area contributed by atoms with Gasteiger partial charge >= 0.3 is 0 Å². The number of rotatable bonds is 1. The minimum atomic E-state index is -1.87. The lowest BCUT2D eigenvalue weighted by Gasteiger charge is -2.49. The van der Waals surface area contributed by atoms with Crippen molar-refractivity contribution >= 4 is 21.8 Å². The number of nitriles is 3. The van der Waals surface area contributed by atoms with Crippen LogP contribution in [0.2, 0.25) is 0 Å². The molecule has 2 saturated heterocycles. The van der Waals surface area contributed by atoms with Gasteiger partial charge in [-0.2, -0.15) is 15.8 Å². The zero-order valence-corrected chi connectivity index (χ0v) is 16.1. The van der Waals surface area contributed by atoms with Gasteiger partial charge in [0.2, 0.25) is 17.1 Å². The third-order valence-corrected chi connectivity index (χ3v) is 6.71. The molecule has 0 spiro atoms. The number of hydrogen-bond acceptors (Lipinski definition) is 6. The van der Waals surface area contributed by atoms with Crippen LogP contribution in [0.5, 0.6) is 0 Å². The van der Waals surface area contributed by atoms with Crippen molar-refractivity contribution in [1.29, 1.82) is 21.2 Å². The van der Waals surface area contributed by atoms with Crippen molar-refractivity contribution in [3.05, 3.63) is 34.3 Å². The Kier molecular flexibility index (Phi) is 4.04. The van der Waals surface area contributed by atoms with Crippen LogP contribution in [0, 0.1) is 56.2 Å². The molecule has 3 aliphatic rings. The molecule has 4 unspecified atom stereocenters. The van der Waals surface area contributed by atoms with Crippen LogP contribution >= 0.6 is 15.9 Å². The molecule has 1 aromatic carbocycles. The highest BCUT2D eigenvalue weighted by molar-refractivity contribution is 9.10. The highest BCUT2D eigenvalue weighted by atomic mass is 79.9. The quantitative estimate of drug-likeness (QED) is 0.719. The summed E-state index contributed by atoms with van der Waals surface area (Å²) in [6.45, 7) is 0. The predicted octanol–water partition coefficient (Wildman–Crippen LogP) is 4.35. The van der Waals surface area contributed by atoms with Crippen LogP contribution in [-0.4, -0.2) is 11.7 Å². The van der Waals surface area contributed by atoms with E-state index in [4.69, 9.17) is 14.9 Å². The second kappa shape index (κ2) is 6.06. The molecular weight excluding hydrogens is 408 g/mol. The van der Waals surface area contributed by atoms with Crippen molar-refractivity contribution in [3.63, 3.8) is 0 Å². The van der Waals surface area contributed by atoms with Gasteiger partial charge in [-0.3, -0.25) is 5.41 Å². The van der Waals surface area contributed by atoms with Crippen LogP contribution in [0.1, 0.15) is 43.8 Å². The van der Waals surface area contributed by atoms with Gasteiger partial charge in [0.05, 0.1) is 24.1 Å². The van der Waals surface area contributed by atoms with E-state index in [1.54, 1.807) is 18.2 Å². The van der Waals surface area contributed by atoms with Gasteiger partial charge in [0.1, 0.15) is 6.10 Å². The minimum Gasteiger partial charge on any atom is -0.447 e. The Morgan fingerprint density at radius 1 is 1.11 bits per heavy atom. The van der Waals surface area contributed by atoms with Crippen LogP contribution in [0.15, 0.2) is 28.7 Å². The highest BCUT2D eigenvalue weighted by Crippen LogP contribution is 2.69. The molecule has 1 saturated carbocycles. The molecule has 0 aromatic heterocycles. The number of nitrogens with one attached hydrogen (secondary N) is 1. The Labute approximate surface area is 165 Å². The van der Waals surface area contributed by atoms with Crippen LogP contribution in [0.25, 0.3) is 0 Å². The molecule has 3 fully saturated rings. The summed E-state index contributed by atoms with van der Waals surface area (Å²) in [5.74, 6) is -1.95. The fraction of sp³-hybridized carbons (Fsp3) is 0.500. The summed E-state index contributed by atoms with van der Waals surface area (Å²) in [4.78, 5) is 0. The van der Waals surface area contributed by atoms with E-state index >= 15 is 0 Å². The van der Waals surface area contributed by atoms with Gasteiger partial charge in [-0.25, -0.2) is 0 Å². The molecule has 7 heteroatoms. The third kappa shape index (κ3) is 2.09. The van der Waals surface area contributed by atoms with E-state index in [1.165, 1.54) is 0 Å². The summed E-state index contributed by atoms with van der Waals surface area (Å²) >= 11 is 3.42. The maximum absolute atomic E-state index is 10.2. The summed E-state index contributed by atoms with van der Waals surface area (Å²) < 4.78 is 13.1. The molecular formula is C20H17BrN4O2. The maximum Gasteiger partial charge on any atom is 0.217 e. The number of nitrogens with zero attached hydrogens (tertiary/aromatic N) is 3. The van der Waals surface area contributed by atoms with Crippen molar-refractivity contribution in [3.8, 4) is 18.2 Å². The first-order valence-corrected chi connectivity index (χ1v) is 9.74. The Morgan fingerprint density at radius 2 is 1.89 bits per heavy atom. The lowest BCUT2D eigenvalue weighted by molar-refractivity contribution is -0.284. The molecule has 2 bridgehead atoms. The highest BCUT2D eigenvalue weighted by Gasteiger charge is 2.80.